The summed E-state index contributed by atoms with van der Waals surface area (Å²) < 4.78 is 0.992. The van der Waals surface area contributed by atoms with E-state index in [1.807, 2.05) is 6.07 Å². The van der Waals surface area contributed by atoms with E-state index in [4.69, 9.17) is 0 Å². The van der Waals surface area contributed by atoms with Crippen molar-refractivity contribution in [2.45, 2.75) is 17.0 Å². The zero-order chi connectivity index (χ0) is 11.2. The molecule has 6 heteroatoms. The third-order valence-electron chi connectivity index (χ3n) is 1.93. The second kappa shape index (κ2) is 5.81. The molecule has 2 rings (SSSR count). The first kappa shape index (κ1) is 11.3. The number of aromatic nitrogens is 3. The van der Waals surface area contributed by atoms with E-state index in [9.17, 15) is 0 Å². The molecule has 0 saturated heterocycles. The van der Waals surface area contributed by atoms with E-state index in [1.165, 1.54) is 5.56 Å². The summed E-state index contributed by atoms with van der Waals surface area (Å²) in [6, 6.07) is 4.04. The predicted octanol–water partition coefficient (Wildman–Crippen LogP) is 2.66. The van der Waals surface area contributed by atoms with Gasteiger partial charge in [0, 0.05) is 24.1 Å². The van der Waals surface area contributed by atoms with Crippen LogP contribution in [0.3, 0.4) is 0 Å². The van der Waals surface area contributed by atoms with Gasteiger partial charge in [-0.25, -0.2) is 4.98 Å². The molecule has 0 aromatic carbocycles. The van der Waals surface area contributed by atoms with Gasteiger partial charge in [0.25, 0.3) is 0 Å². The highest BCUT2D eigenvalue weighted by molar-refractivity contribution is 8.00. The van der Waals surface area contributed by atoms with E-state index < -0.39 is 0 Å². The predicted molar refractivity (Wildman–Crippen MR) is 67.9 cm³/mol. The van der Waals surface area contributed by atoms with Gasteiger partial charge in [-0.15, -0.1) is 10.2 Å². The number of hydrogen-bond donors (Lipinski definition) is 1. The maximum absolute atomic E-state index is 4.31. The second-order valence-corrected chi connectivity index (χ2v) is 5.09. The van der Waals surface area contributed by atoms with Crippen molar-refractivity contribution in [1.82, 2.24) is 15.2 Å². The maximum Gasteiger partial charge on any atom is 0.174 e. The van der Waals surface area contributed by atoms with Crippen LogP contribution in [0.1, 0.15) is 12.5 Å². The number of nitrogens with zero attached hydrogens (tertiary/aromatic N) is 3. The number of rotatable bonds is 5. The van der Waals surface area contributed by atoms with Gasteiger partial charge in [-0.1, -0.05) is 29.2 Å². The van der Waals surface area contributed by atoms with Gasteiger partial charge in [0.2, 0.25) is 0 Å². The minimum Gasteiger partial charge on any atom is -0.370 e. The van der Waals surface area contributed by atoms with Crippen LogP contribution in [0.4, 0.5) is 5.82 Å². The average molecular weight is 252 g/mol. The Labute approximate surface area is 103 Å². The van der Waals surface area contributed by atoms with E-state index in [1.54, 1.807) is 34.8 Å². The van der Waals surface area contributed by atoms with Crippen molar-refractivity contribution in [3.63, 3.8) is 0 Å². The van der Waals surface area contributed by atoms with Crippen LogP contribution in [-0.4, -0.2) is 21.7 Å². The molecule has 0 aliphatic heterocycles. The van der Waals surface area contributed by atoms with Crippen molar-refractivity contribution in [3.05, 3.63) is 29.4 Å². The first-order chi connectivity index (χ1) is 7.90. The summed E-state index contributed by atoms with van der Waals surface area (Å²) in [5.41, 5.74) is 2.95. The van der Waals surface area contributed by atoms with E-state index in [-0.39, 0.29) is 0 Å². The third kappa shape index (κ3) is 2.93. The lowest BCUT2D eigenvalue weighted by Crippen LogP contribution is -2.02. The van der Waals surface area contributed by atoms with Crippen LogP contribution in [0, 0.1) is 0 Å². The molecule has 0 radical (unpaired) electrons. The lowest BCUT2D eigenvalue weighted by atomic mass is 10.3. The summed E-state index contributed by atoms with van der Waals surface area (Å²) in [5.74, 6) is 1.83. The monoisotopic (exact) mass is 252 g/mol. The van der Waals surface area contributed by atoms with E-state index in [0.717, 1.165) is 22.5 Å². The Balaban J connectivity index is 2.03. The molecule has 2 aromatic heterocycles. The molecule has 0 atom stereocenters. The second-order valence-electron chi connectivity index (χ2n) is 3.03. The lowest BCUT2D eigenvalue weighted by Gasteiger charge is -2.07. The Hall–Kier alpha value is -1.14. The molecular formula is C10H12N4S2. The highest BCUT2D eigenvalue weighted by atomic mass is 32.2. The van der Waals surface area contributed by atoms with Gasteiger partial charge in [0.1, 0.15) is 11.3 Å². The maximum atomic E-state index is 4.31. The van der Waals surface area contributed by atoms with Gasteiger partial charge in [-0.3, -0.25) is 0 Å². The van der Waals surface area contributed by atoms with Crippen LogP contribution >= 0.6 is 23.1 Å². The van der Waals surface area contributed by atoms with Gasteiger partial charge >= 0.3 is 0 Å². The van der Waals surface area contributed by atoms with Crippen LogP contribution in [0.15, 0.2) is 28.2 Å². The molecule has 84 valence electrons. The van der Waals surface area contributed by atoms with Crippen LogP contribution in [0.25, 0.3) is 0 Å². The third-order valence-corrected chi connectivity index (χ3v) is 3.84. The van der Waals surface area contributed by atoms with Crippen molar-refractivity contribution in [3.8, 4) is 0 Å². The number of pyridine rings is 1. The summed E-state index contributed by atoms with van der Waals surface area (Å²) in [5, 5.41) is 11.1. The Morgan fingerprint density at radius 1 is 1.50 bits per heavy atom. The summed E-state index contributed by atoms with van der Waals surface area (Å²) in [6.07, 6.45) is 1.80. The number of hydrogen-bond acceptors (Lipinski definition) is 6. The molecule has 2 heterocycles. The topological polar surface area (TPSA) is 50.7 Å². The summed E-state index contributed by atoms with van der Waals surface area (Å²) >= 11 is 3.25. The summed E-state index contributed by atoms with van der Waals surface area (Å²) in [7, 11) is 0. The number of nitrogens with one attached hydrogen (secondary N) is 1. The molecule has 0 aliphatic rings. The normalized spacial score (nSPS) is 10.3. The Morgan fingerprint density at radius 3 is 3.19 bits per heavy atom. The average Bonchev–Trinajstić information content (AvgIpc) is 2.81. The molecule has 0 fully saturated rings. The first-order valence-corrected chi connectivity index (χ1v) is 6.83. The van der Waals surface area contributed by atoms with Gasteiger partial charge in [-0.05, 0) is 13.0 Å². The quantitative estimate of drug-likeness (QED) is 0.829. The van der Waals surface area contributed by atoms with Gasteiger partial charge in [-0.2, -0.15) is 0 Å². The molecule has 0 amide bonds. The molecule has 0 aliphatic carbocycles. The fourth-order valence-electron chi connectivity index (χ4n) is 1.25. The minimum atomic E-state index is 0.866. The van der Waals surface area contributed by atoms with Crippen molar-refractivity contribution < 1.29 is 0 Å². The lowest BCUT2D eigenvalue weighted by molar-refractivity contribution is 1.01. The largest absolute Gasteiger partial charge is 0.370 e. The highest BCUT2D eigenvalue weighted by Gasteiger charge is 2.04. The Bertz CT molecular complexity index is 430. The molecule has 0 saturated carbocycles. The van der Waals surface area contributed by atoms with Crippen LogP contribution in [0.5, 0.6) is 0 Å². The van der Waals surface area contributed by atoms with E-state index >= 15 is 0 Å². The number of thioether (sulfide) groups is 1. The molecule has 0 spiro atoms. The molecule has 2 aromatic rings. The standard InChI is InChI=1S/C10H12N4S2/c1-2-11-9-8(4-3-5-12-9)6-15-10-14-13-7-16-10/h3-5,7H,2,6H2,1H3,(H,11,12). The number of anilines is 1. The zero-order valence-electron chi connectivity index (χ0n) is 8.88. The molecule has 1 N–H and O–H groups in total. The zero-order valence-corrected chi connectivity index (χ0v) is 10.5. The molecule has 16 heavy (non-hydrogen) atoms. The van der Waals surface area contributed by atoms with Crippen LogP contribution in [-0.2, 0) is 5.75 Å². The fourth-order valence-corrected chi connectivity index (χ4v) is 2.72. The van der Waals surface area contributed by atoms with Crippen molar-refractivity contribution in [2.24, 2.45) is 0 Å². The van der Waals surface area contributed by atoms with Gasteiger partial charge in [0.05, 0.1) is 0 Å². The van der Waals surface area contributed by atoms with E-state index in [0.29, 0.717) is 0 Å². The van der Waals surface area contributed by atoms with E-state index in [2.05, 4.69) is 33.5 Å². The van der Waals surface area contributed by atoms with Crippen LogP contribution in [0.2, 0.25) is 0 Å². The highest BCUT2D eigenvalue weighted by Crippen LogP contribution is 2.26. The molecular weight excluding hydrogens is 240 g/mol. The smallest absolute Gasteiger partial charge is 0.174 e. The van der Waals surface area contributed by atoms with Crippen molar-refractivity contribution >= 4 is 28.9 Å². The molecule has 0 bridgehead atoms. The minimum absolute atomic E-state index is 0.866. The Morgan fingerprint density at radius 2 is 2.44 bits per heavy atom. The van der Waals surface area contributed by atoms with Gasteiger partial charge in [0.15, 0.2) is 4.34 Å². The molecule has 0 unspecified atom stereocenters. The first-order valence-electron chi connectivity index (χ1n) is 4.97. The SMILES string of the molecule is CCNc1ncccc1CSc1nncs1. The van der Waals surface area contributed by atoms with Gasteiger partial charge < -0.3 is 5.32 Å². The summed E-state index contributed by atoms with van der Waals surface area (Å²) in [4.78, 5) is 4.31. The van der Waals surface area contributed by atoms with Crippen LogP contribution < -0.4 is 5.32 Å². The van der Waals surface area contributed by atoms with Crippen molar-refractivity contribution in [1.29, 1.82) is 0 Å². The Kier molecular flexibility index (Phi) is 4.12. The van der Waals surface area contributed by atoms with Crippen molar-refractivity contribution in [2.75, 3.05) is 11.9 Å². The fraction of sp³-hybridized carbons (Fsp3) is 0.300. The summed E-state index contributed by atoms with van der Waals surface area (Å²) in [6.45, 7) is 2.95. The molecule has 4 nitrogen and oxygen atoms in total.